The first-order valence-corrected chi connectivity index (χ1v) is 8.79. The Labute approximate surface area is 161 Å². The Morgan fingerprint density at radius 1 is 1.26 bits per heavy atom. The van der Waals surface area contributed by atoms with Crippen LogP contribution in [-0.2, 0) is 11.2 Å². The lowest BCUT2D eigenvalue weighted by Crippen LogP contribution is -2.23. The molecule has 0 aliphatic heterocycles. The minimum Gasteiger partial charge on any atom is -0.352 e. The highest BCUT2D eigenvalue weighted by Gasteiger charge is 2.13. The molecule has 0 radical (unpaired) electrons. The van der Waals surface area contributed by atoms with Gasteiger partial charge < -0.3 is 5.32 Å². The van der Waals surface area contributed by atoms with Crippen LogP contribution in [0.1, 0.15) is 17.0 Å². The van der Waals surface area contributed by atoms with E-state index in [4.69, 9.17) is 11.6 Å². The highest BCUT2D eigenvalue weighted by molar-refractivity contribution is 6.31. The predicted octanol–water partition coefficient (Wildman–Crippen LogP) is 3.74. The molecule has 5 nitrogen and oxygen atoms in total. The van der Waals surface area contributed by atoms with E-state index in [1.54, 1.807) is 31.3 Å². The molecule has 0 spiro atoms. The van der Waals surface area contributed by atoms with Crippen LogP contribution in [-0.4, -0.2) is 27.2 Å². The van der Waals surface area contributed by atoms with Crippen molar-refractivity contribution in [2.45, 2.75) is 13.3 Å². The number of carbonyl (C=O) groups excluding carboxylic acids is 1. The van der Waals surface area contributed by atoms with Crippen molar-refractivity contribution < 1.29 is 9.18 Å². The lowest BCUT2D eigenvalue weighted by atomic mass is 10.2. The molecular weight excluding hydrogens is 367 g/mol. The van der Waals surface area contributed by atoms with Crippen LogP contribution in [0.2, 0.25) is 5.15 Å². The number of nitrogens with one attached hydrogen (secondary N) is 1. The summed E-state index contributed by atoms with van der Waals surface area (Å²) in [4.78, 5) is 16.2. The van der Waals surface area contributed by atoms with E-state index < -0.39 is 0 Å². The van der Waals surface area contributed by atoms with Gasteiger partial charge >= 0.3 is 0 Å². The van der Waals surface area contributed by atoms with Crippen molar-refractivity contribution in [3.05, 3.63) is 82.7 Å². The number of aryl methyl sites for hydroxylation is 1. The summed E-state index contributed by atoms with van der Waals surface area (Å²) in [5, 5.41) is 7.53. The number of rotatable bonds is 6. The van der Waals surface area contributed by atoms with E-state index in [1.807, 2.05) is 18.2 Å². The molecule has 0 aliphatic carbocycles. The standard InChI is InChI=1S/C20H18ClFN4O/c1-14-18(20(21)26(25-14)17-7-5-15(22)6-8-17)9-10-19(27)24-13-11-16-4-2-3-12-23-16/h2-10,12H,11,13H2,1H3,(H,24,27)/b10-9+. The van der Waals surface area contributed by atoms with E-state index in [0.717, 1.165) is 5.69 Å². The molecule has 0 saturated carbocycles. The Hall–Kier alpha value is -2.99. The molecule has 0 fully saturated rings. The predicted molar refractivity (Wildman–Crippen MR) is 103 cm³/mol. The number of carbonyl (C=O) groups is 1. The molecule has 3 aromatic rings. The number of nitrogens with zero attached hydrogens (tertiary/aromatic N) is 3. The molecule has 1 aromatic carbocycles. The largest absolute Gasteiger partial charge is 0.352 e. The van der Waals surface area contributed by atoms with Gasteiger partial charge in [0, 0.05) is 36.5 Å². The molecule has 0 unspecified atom stereocenters. The van der Waals surface area contributed by atoms with Gasteiger partial charge in [-0.15, -0.1) is 0 Å². The summed E-state index contributed by atoms with van der Waals surface area (Å²) in [6, 6.07) is 11.5. The maximum atomic E-state index is 13.1. The molecular formula is C20H18ClFN4O. The summed E-state index contributed by atoms with van der Waals surface area (Å²) in [5.74, 6) is -0.558. The van der Waals surface area contributed by atoms with E-state index in [9.17, 15) is 9.18 Å². The van der Waals surface area contributed by atoms with Crippen LogP contribution in [0.15, 0.2) is 54.7 Å². The van der Waals surface area contributed by atoms with Crippen molar-refractivity contribution in [2.75, 3.05) is 6.54 Å². The smallest absolute Gasteiger partial charge is 0.244 e. The van der Waals surface area contributed by atoms with Gasteiger partial charge in [-0.25, -0.2) is 9.07 Å². The highest BCUT2D eigenvalue weighted by Crippen LogP contribution is 2.24. The summed E-state index contributed by atoms with van der Waals surface area (Å²) < 4.78 is 14.6. The van der Waals surface area contributed by atoms with Crippen molar-refractivity contribution in [2.24, 2.45) is 0 Å². The first kappa shape index (κ1) is 18.8. The Bertz CT molecular complexity index is 952. The van der Waals surface area contributed by atoms with Crippen LogP contribution in [0.25, 0.3) is 11.8 Å². The maximum Gasteiger partial charge on any atom is 0.244 e. The number of hydrogen-bond donors (Lipinski definition) is 1. The topological polar surface area (TPSA) is 59.8 Å². The molecule has 0 saturated heterocycles. The van der Waals surface area contributed by atoms with Crippen molar-refractivity contribution >= 4 is 23.6 Å². The van der Waals surface area contributed by atoms with E-state index in [0.29, 0.717) is 35.1 Å². The number of benzene rings is 1. The molecule has 27 heavy (non-hydrogen) atoms. The summed E-state index contributed by atoms with van der Waals surface area (Å²) in [6.07, 6.45) is 5.42. The van der Waals surface area contributed by atoms with Crippen LogP contribution < -0.4 is 5.32 Å². The Morgan fingerprint density at radius 2 is 2.04 bits per heavy atom. The van der Waals surface area contributed by atoms with Gasteiger partial charge in [0.15, 0.2) is 0 Å². The van der Waals surface area contributed by atoms with Crippen molar-refractivity contribution in [3.63, 3.8) is 0 Å². The summed E-state index contributed by atoms with van der Waals surface area (Å²) >= 11 is 6.39. The lowest BCUT2D eigenvalue weighted by Gasteiger charge is -2.03. The van der Waals surface area contributed by atoms with Crippen LogP contribution in [0.3, 0.4) is 0 Å². The van der Waals surface area contributed by atoms with Gasteiger partial charge in [-0.2, -0.15) is 5.10 Å². The van der Waals surface area contributed by atoms with Gasteiger partial charge in [-0.05, 0) is 49.4 Å². The zero-order chi connectivity index (χ0) is 19.2. The summed E-state index contributed by atoms with van der Waals surface area (Å²) in [6.45, 7) is 2.28. The zero-order valence-corrected chi connectivity index (χ0v) is 15.4. The maximum absolute atomic E-state index is 13.1. The zero-order valence-electron chi connectivity index (χ0n) is 14.7. The first-order chi connectivity index (χ1) is 13.0. The quantitative estimate of drug-likeness (QED) is 0.658. The van der Waals surface area contributed by atoms with Crippen LogP contribution in [0.4, 0.5) is 4.39 Å². The molecule has 0 aliphatic rings. The van der Waals surface area contributed by atoms with Gasteiger partial charge in [0.05, 0.1) is 11.4 Å². The molecule has 2 aromatic heterocycles. The molecule has 138 valence electrons. The molecule has 1 amide bonds. The van der Waals surface area contributed by atoms with Crippen molar-refractivity contribution in [1.29, 1.82) is 0 Å². The molecule has 3 rings (SSSR count). The number of amides is 1. The molecule has 0 bridgehead atoms. The molecule has 2 heterocycles. The second-order valence-corrected chi connectivity index (χ2v) is 6.23. The Balaban J connectivity index is 1.64. The third-order valence-electron chi connectivity index (χ3n) is 3.93. The monoisotopic (exact) mass is 384 g/mol. The second-order valence-electron chi connectivity index (χ2n) is 5.87. The normalized spacial score (nSPS) is 11.1. The fraction of sp³-hybridized carbons (Fsp3) is 0.150. The first-order valence-electron chi connectivity index (χ1n) is 8.41. The fourth-order valence-corrected chi connectivity index (χ4v) is 2.87. The molecule has 1 N–H and O–H groups in total. The van der Waals surface area contributed by atoms with Gasteiger partial charge in [-0.1, -0.05) is 17.7 Å². The van der Waals surface area contributed by atoms with Gasteiger partial charge in [0.2, 0.25) is 5.91 Å². The number of hydrogen-bond acceptors (Lipinski definition) is 3. The minimum atomic E-state index is -0.332. The van der Waals surface area contributed by atoms with Gasteiger partial charge in [-0.3, -0.25) is 9.78 Å². The van der Waals surface area contributed by atoms with Gasteiger partial charge in [0.1, 0.15) is 11.0 Å². The van der Waals surface area contributed by atoms with Crippen LogP contribution >= 0.6 is 11.6 Å². The lowest BCUT2D eigenvalue weighted by molar-refractivity contribution is -0.116. The van der Waals surface area contributed by atoms with Crippen molar-refractivity contribution in [1.82, 2.24) is 20.1 Å². The van der Waals surface area contributed by atoms with Crippen LogP contribution in [0, 0.1) is 12.7 Å². The van der Waals surface area contributed by atoms with E-state index in [1.165, 1.54) is 22.9 Å². The molecule has 0 atom stereocenters. The fourth-order valence-electron chi connectivity index (χ4n) is 2.53. The highest BCUT2D eigenvalue weighted by atomic mass is 35.5. The van der Waals surface area contributed by atoms with Crippen LogP contribution in [0.5, 0.6) is 0 Å². The Kier molecular flexibility index (Phi) is 5.98. The number of aromatic nitrogens is 3. The van der Waals surface area contributed by atoms with E-state index in [2.05, 4.69) is 15.4 Å². The third-order valence-corrected chi connectivity index (χ3v) is 4.29. The number of pyridine rings is 1. The Morgan fingerprint density at radius 3 is 2.74 bits per heavy atom. The van der Waals surface area contributed by atoms with E-state index >= 15 is 0 Å². The number of halogens is 2. The van der Waals surface area contributed by atoms with Gasteiger partial charge in [0.25, 0.3) is 0 Å². The second kappa shape index (κ2) is 8.60. The third kappa shape index (κ3) is 4.80. The average Bonchev–Trinajstić information content (AvgIpc) is 2.95. The molecule has 7 heteroatoms. The summed E-state index contributed by atoms with van der Waals surface area (Å²) in [5.41, 5.74) is 2.87. The van der Waals surface area contributed by atoms with E-state index in [-0.39, 0.29) is 11.7 Å². The average molecular weight is 385 g/mol. The SMILES string of the molecule is Cc1nn(-c2ccc(F)cc2)c(Cl)c1/C=C/C(=O)NCCc1ccccn1. The minimum absolute atomic E-state index is 0.226. The summed E-state index contributed by atoms with van der Waals surface area (Å²) in [7, 11) is 0. The van der Waals surface area contributed by atoms with Crippen molar-refractivity contribution in [3.8, 4) is 5.69 Å².